The maximum Gasteiger partial charge on any atom is 0.129 e. The first-order valence-electron chi connectivity index (χ1n) is 6.56. The summed E-state index contributed by atoms with van der Waals surface area (Å²) >= 11 is 0. The number of hydrogen-bond acceptors (Lipinski definition) is 4. The van der Waals surface area contributed by atoms with Crippen molar-refractivity contribution in [2.45, 2.75) is 26.4 Å². The second kappa shape index (κ2) is 6.29. The van der Waals surface area contributed by atoms with E-state index in [0.717, 1.165) is 24.5 Å². The van der Waals surface area contributed by atoms with E-state index in [0.29, 0.717) is 0 Å². The van der Waals surface area contributed by atoms with Crippen LogP contribution in [0.4, 0.5) is 5.82 Å². The number of pyridine rings is 2. The SMILES string of the molecule is CCN(Cc1ccncc1)c1cc([C@@H](C)N)ccn1. The standard InChI is InChI=1S/C15H20N4/c1-3-19(11-13-4-7-17-8-5-13)15-10-14(12(2)16)6-9-18-15/h4-10,12H,3,11,16H2,1-2H3/t12-/m1/s1. The summed E-state index contributed by atoms with van der Waals surface area (Å²) in [5.74, 6) is 0.967. The molecule has 0 amide bonds. The van der Waals surface area contributed by atoms with Gasteiger partial charge in [-0.15, -0.1) is 0 Å². The van der Waals surface area contributed by atoms with Crippen molar-refractivity contribution < 1.29 is 0 Å². The van der Waals surface area contributed by atoms with Gasteiger partial charge in [0.15, 0.2) is 0 Å². The molecule has 0 saturated heterocycles. The lowest BCUT2D eigenvalue weighted by Crippen LogP contribution is -2.23. The Labute approximate surface area is 114 Å². The molecule has 2 N–H and O–H groups in total. The van der Waals surface area contributed by atoms with Crippen LogP contribution in [0.1, 0.15) is 31.0 Å². The zero-order chi connectivity index (χ0) is 13.7. The Morgan fingerprint density at radius 3 is 2.58 bits per heavy atom. The molecule has 1 atom stereocenters. The summed E-state index contributed by atoms with van der Waals surface area (Å²) in [6, 6.07) is 8.11. The van der Waals surface area contributed by atoms with Crippen LogP contribution in [0.15, 0.2) is 42.9 Å². The van der Waals surface area contributed by atoms with E-state index in [1.165, 1.54) is 5.56 Å². The van der Waals surface area contributed by atoms with Gasteiger partial charge >= 0.3 is 0 Å². The van der Waals surface area contributed by atoms with Gasteiger partial charge in [-0.3, -0.25) is 4.98 Å². The second-order valence-corrected chi connectivity index (χ2v) is 4.61. The number of hydrogen-bond donors (Lipinski definition) is 1. The molecule has 0 fully saturated rings. The van der Waals surface area contributed by atoms with Crippen molar-refractivity contribution in [2.75, 3.05) is 11.4 Å². The molecule has 19 heavy (non-hydrogen) atoms. The van der Waals surface area contributed by atoms with Gasteiger partial charge in [0.2, 0.25) is 0 Å². The zero-order valence-electron chi connectivity index (χ0n) is 11.5. The van der Waals surface area contributed by atoms with E-state index in [1.54, 1.807) is 0 Å². The summed E-state index contributed by atoms with van der Waals surface area (Å²) in [7, 11) is 0. The molecule has 0 spiro atoms. The van der Waals surface area contributed by atoms with E-state index in [1.807, 2.05) is 43.7 Å². The minimum absolute atomic E-state index is 0.0291. The predicted molar refractivity (Wildman–Crippen MR) is 77.8 cm³/mol. The monoisotopic (exact) mass is 256 g/mol. The molecule has 0 unspecified atom stereocenters. The molecule has 2 aromatic rings. The first kappa shape index (κ1) is 13.5. The summed E-state index contributed by atoms with van der Waals surface area (Å²) in [6.07, 6.45) is 5.45. The van der Waals surface area contributed by atoms with E-state index >= 15 is 0 Å². The lowest BCUT2D eigenvalue weighted by molar-refractivity contribution is 0.790. The summed E-state index contributed by atoms with van der Waals surface area (Å²) in [5, 5.41) is 0. The molecular weight excluding hydrogens is 236 g/mol. The molecule has 0 aromatic carbocycles. The van der Waals surface area contributed by atoms with Gasteiger partial charge < -0.3 is 10.6 Å². The molecule has 0 radical (unpaired) electrons. The lowest BCUT2D eigenvalue weighted by atomic mass is 10.1. The van der Waals surface area contributed by atoms with Crippen LogP contribution in [0.5, 0.6) is 0 Å². The fraction of sp³-hybridized carbons (Fsp3) is 0.333. The Bertz CT molecular complexity index is 511. The van der Waals surface area contributed by atoms with Crippen LogP contribution in [0.3, 0.4) is 0 Å². The van der Waals surface area contributed by atoms with Gasteiger partial charge in [-0.1, -0.05) is 0 Å². The molecule has 100 valence electrons. The number of aromatic nitrogens is 2. The molecule has 0 aliphatic heterocycles. The van der Waals surface area contributed by atoms with Crippen molar-refractivity contribution in [1.29, 1.82) is 0 Å². The fourth-order valence-electron chi connectivity index (χ4n) is 1.95. The molecule has 2 aromatic heterocycles. The Balaban J connectivity index is 2.20. The highest BCUT2D eigenvalue weighted by Crippen LogP contribution is 2.18. The Morgan fingerprint density at radius 2 is 1.95 bits per heavy atom. The zero-order valence-corrected chi connectivity index (χ0v) is 11.5. The molecule has 2 rings (SSSR count). The molecule has 0 saturated carbocycles. The van der Waals surface area contributed by atoms with Crippen LogP contribution in [0.25, 0.3) is 0 Å². The van der Waals surface area contributed by atoms with Crippen LogP contribution >= 0.6 is 0 Å². The molecule has 2 heterocycles. The Hall–Kier alpha value is -1.94. The van der Waals surface area contributed by atoms with Gasteiger partial charge in [-0.25, -0.2) is 4.98 Å². The van der Waals surface area contributed by atoms with Crippen molar-refractivity contribution >= 4 is 5.82 Å². The highest BCUT2D eigenvalue weighted by Gasteiger charge is 2.08. The minimum atomic E-state index is 0.0291. The van der Waals surface area contributed by atoms with E-state index in [2.05, 4.69) is 27.9 Å². The molecule has 0 aliphatic carbocycles. The minimum Gasteiger partial charge on any atom is -0.353 e. The van der Waals surface area contributed by atoms with Gasteiger partial charge in [-0.05, 0) is 49.2 Å². The number of nitrogens with two attached hydrogens (primary N) is 1. The predicted octanol–water partition coefficient (Wildman–Crippen LogP) is 2.52. The Morgan fingerprint density at radius 1 is 1.21 bits per heavy atom. The third-order valence-corrected chi connectivity index (χ3v) is 3.12. The quantitative estimate of drug-likeness (QED) is 0.893. The first-order valence-corrected chi connectivity index (χ1v) is 6.56. The normalized spacial score (nSPS) is 12.2. The summed E-state index contributed by atoms with van der Waals surface area (Å²) in [5.41, 5.74) is 8.26. The third-order valence-electron chi connectivity index (χ3n) is 3.12. The second-order valence-electron chi connectivity index (χ2n) is 4.61. The average molecular weight is 256 g/mol. The van der Waals surface area contributed by atoms with Crippen LogP contribution in [-0.4, -0.2) is 16.5 Å². The van der Waals surface area contributed by atoms with Gasteiger partial charge in [0, 0.05) is 37.7 Å². The highest BCUT2D eigenvalue weighted by molar-refractivity contribution is 5.42. The maximum absolute atomic E-state index is 5.92. The van der Waals surface area contributed by atoms with Crippen molar-refractivity contribution in [3.8, 4) is 0 Å². The first-order chi connectivity index (χ1) is 9.20. The van der Waals surface area contributed by atoms with Crippen molar-refractivity contribution in [3.63, 3.8) is 0 Å². The summed E-state index contributed by atoms with van der Waals surface area (Å²) < 4.78 is 0. The van der Waals surface area contributed by atoms with Crippen LogP contribution in [0.2, 0.25) is 0 Å². The van der Waals surface area contributed by atoms with Gasteiger partial charge in [0.1, 0.15) is 5.82 Å². The fourth-order valence-corrected chi connectivity index (χ4v) is 1.95. The van der Waals surface area contributed by atoms with Crippen molar-refractivity contribution in [2.24, 2.45) is 5.73 Å². The van der Waals surface area contributed by atoms with Crippen molar-refractivity contribution in [1.82, 2.24) is 9.97 Å². The molecule has 0 aliphatic rings. The van der Waals surface area contributed by atoms with Gasteiger partial charge in [0.05, 0.1) is 0 Å². The number of anilines is 1. The van der Waals surface area contributed by atoms with E-state index in [9.17, 15) is 0 Å². The van der Waals surface area contributed by atoms with Gasteiger partial charge in [-0.2, -0.15) is 0 Å². The van der Waals surface area contributed by atoms with Crippen LogP contribution in [-0.2, 0) is 6.54 Å². The molecule has 0 bridgehead atoms. The maximum atomic E-state index is 5.92. The van der Waals surface area contributed by atoms with Gasteiger partial charge in [0.25, 0.3) is 0 Å². The molecular formula is C15H20N4. The topological polar surface area (TPSA) is 55.0 Å². The van der Waals surface area contributed by atoms with E-state index in [4.69, 9.17) is 5.73 Å². The van der Waals surface area contributed by atoms with E-state index < -0.39 is 0 Å². The molecule has 4 heteroatoms. The van der Waals surface area contributed by atoms with E-state index in [-0.39, 0.29) is 6.04 Å². The summed E-state index contributed by atoms with van der Waals surface area (Å²) in [4.78, 5) is 10.7. The lowest BCUT2D eigenvalue weighted by Gasteiger charge is -2.23. The summed E-state index contributed by atoms with van der Waals surface area (Å²) in [6.45, 7) is 5.84. The smallest absolute Gasteiger partial charge is 0.129 e. The number of rotatable bonds is 5. The molecule has 4 nitrogen and oxygen atoms in total. The largest absolute Gasteiger partial charge is 0.353 e. The van der Waals surface area contributed by atoms with Crippen LogP contribution in [0, 0.1) is 0 Å². The average Bonchev–Trinajstić information content (AvgIpc) is 2.46. The number of nitrogens with zero attached hydrogens (tertiary/aromatic N) is 3. The van der Waals surface area contributed by atoms with Crippen LogP contribution < -0.4 is 10.6 Å². The Kier molecular flexibility index (Phi) is 4.47. The third kappa shape index (κ3) is 3.51. The highest BCUT2D eigenvalue weighted by atomic mass is 15.2. The van der Waals surface area contributed by atoms with Crippen molar-refractivity contribution in [3.05, 3.63) is 54.0 Å².